The number of likely N-dealkylation sites (tertiary alicyclic amines) is 1. The summed E-state index contributed by atoms with van der Waals surface area (Å²) in [4.78, 5) is 30.0. The summed E-state index contributed by atoms with van der Waals surface area (Å²) in [7, 11) is 0. The van der Waals surface area contributed by atoms with E-state index in [4.69, 9.17) is 9.47 Å². The van der Waals surface area contributed by atoms with Gasteiger partial charge in [-0.3, -0.25) is 9.69 Å². The number of anilines is 1. The average molecular weight is 621 g/mol. The SMILES string of the molecule is CCn1c2ccccc2c2cc(CN3CCC(NC(=O)OCCN(CC(=O)OC(C)(C)C)c4cccc5ccccc45)C3)ccc21. The fraction of sp³-hybridized carbons (Fsp3) is 0.368. The maximum Gasteiger partial charge on any atom is 0.407 e. The van der Waals surface area contributed by atoms with Crippen molar-refractivity contribution < 1.29 is 19.1 Å². The summed E-state index contributed by atoms with van der Waals surface area (Å²) in [5.41, 5.74) is 4.12. The van der Waals surface area contributed by atoms with Gasteiger partial charge in [-0.25, -0.2) is 4.79 Å². The van der Waals surface area contributed by atoms with Crippen LogP contribution in [-0.4, -0.2) is 66.0 Å². The van der Waals surface area contributed by atoms with Crippen LogP contribution in [0.2, 0.25) is 0 Å². The molecule has 2 heterocycles. The predicted octanol–water partition coefficient (Wildman–Crippen LogP) is 7.12. The molecule has 0 spiro atoms. The van der Waals surface area contributed by atoms with E-state index in [-0.39, 0.29) is 25.2 Å². The normalized spacial score (nSPS) is 15.4. The Morgan fingerprint density at radius 3 is 2.46 bits per heavy atom. The van der Waals surface area contributed by atoms with E-state index in [1.54, 1.807) is 0 Å². The zero-order chi connectivity index (χ0) is 32.3. The van der Waals surface area contributed by atoms with E-state index in [1.165, 1.54) is 27.4 Å². The molecule has 8 heteroatoms. The number of hydrogen-bond acceptors (Lipinski definition) is 6. The summed E-state index contributed by atoms with van der Waals surface area (Å²) in [5, 5.41) is 7.74. The van der Waals surface area contributed by atoms with Gasteiger partial charge in [-0.1, -0.05) is 60.7 Å². The molecular weight excluding hydrogens is 576 g/mol. The molecule has 240 valence electrons. The molecule has 1 fully saturated rings. The Labute approximate surface area is 270 Å². The first kappa shape index (κ1) is 31.4. The number of carbonyl (C=O) groups is 2. The first-order chi connectivity index (χ1) is 22.2. The number of rotatable bonds is 10. The van der Waals surface area contributed by atoms with Crippen LogP contribution in [0.3, 0.4) is 0 Å². The molecule has 8 nitrogen and oxygen atoms in total. The van der Waals surface area contributed by atoms with Crippen molar-refractivity contribution in [2.45, 2.75) is 58.8 Å². The number of fused-ring (bicyclic) bond motifs is 4. The van der Waals surface area contributed by atoms with Crippen LogP contribution in [0, 0.1) is 0 Å². The largest absolute Gasteiger partial charge is 0.459 e. The van der Waals surface area contributed by atoms with Gasteiger partial charge in [0.25, 0.3) is 0 Å². The molecule has 5 aromatic rings. The first-order valence-corrected chi connectivity index (χ1v) is 16.3. The molecule has 0 aliphatic carbocycles. The molecule has 1 N–H and O–H groups in total. The number of para-hydroxylation sites is 1. The molecule has 1 aliphatic heterocycles. The number of nitrogens with zero attached hydrogens (tertiary/aromatic N) is 3. The zero-order valence-corrected chi connectivity index (χ0v) is 27.3. The molecule has 46 heavy (non-hydrogen) atoms. The van der Waals surface area contributed by atoms with Gasteiger partial charge in [-0.05, 0) is 69.3 Å². The molecule has 1 saturated heterocycles. The lowest BCUT2D eigenvalue weighted by molar-refractivity contribution is -0.153. The summed E-state index contributed by atoms with van der Waals surface area (Å²) in [6.45, 7) is 11.7. The van der Waals surface area contributed by atoms with Gasteiger partial charge in [0.05, 0.1) is 6.54 Å². The number of amides is 1. The van der Waals surface area contributed by atoms with Crippen molar-refractivity contribution in [3.63, 3.8) is 0 Å². The van der Waals surface area contributed by atoms with Gasteiger partial charge in [0, 0.05) is 65.1 Å². The third-order valence-corrected chi connectivity index (χ3v) is 8.60. The van der Waals surface area contributed by atoms with Crippen molar-refractivity contribution in [3.8, 4) is 0 Å². The summed E-state index contributed by atoms with van der Waals surface area (Å²) in [6, 6.07) is 29.5. The number of esters is 1. The van der Waals surface area contributed by atoms with Gasteiger partial charge in [-0.15, -0.1) is 0 Å². The van der Waals surface area contributed by atoms with E-state index in [1.807, 2.05) is 68.1 Å². The third kappa shape index (κ3) is 7.12. The Morgan fingerprint density at radius 2 is 1.65 bits per heavy atom. The molecule has 1 aliphatic rings. The van der Waals surface area contributed by atoms with Gasteiger partial charge in [0.2, 0.25) is 0 Å². The summed E-state index contributed by atoms with van der Waals surface area (Å²) >= 11 is 0. The maximum atomic E-state index is 12.8. The van der Waals surface area contributed by atoms with E-state index in [0.717, 1.165) is 49.1 Å². The van der Waals surface area contributed by atoms with Crippen molar-refractivity contribution in [2.24, 2.45) is 0 Å². The third-order valence-electron chi connectivity index (χ3n) is 8.60. The number of benzene rings is 4. The van der Waals surface area contributed by atoms with E-state index in [9.17, 15) is 9.59 Å². The van der Waals surface area contributed by atoms with Crippen LogP contribution in [0.5, 0.6) is 0 Å². The maximum absolute atomic E-state index is 12.8. The van der Waals surface area contributed by atoms with Crippen LogP contribution in [-0.2, 0) is 27.4 Å². The Hall–Kier alpha value is -4.56. The Kier molecular flexibility index (Phi) is 9.17. The monoisotopic (exact) mass is 620 g/mol. The average Bonchev–Trinajstić information content (AvgIpc) is 3.60. The molecule has 1 unspecified atom stereocenters. The van der Waals surface area contributed by atoms with Gasteiger partial charge in [0.1, 0.15) is 18.8 Å². The fourth-order valence-electron chi connectivity index (χ4n) is 6.65. The smallest absolute Gasteiger partial charge is 0.407 e. The Bertz CT molecular complexity index is 1850. The number of nitrogens with one attached hydrogen (secondary N) is 1. The van der Waals surface area contributed by atoms with Gasteiger partial charge >= 0.3 is 12.1 Å². The van der Waals surface area contributed by atoms with Crippen molar-refractivity contribution in [2.75, 3.05) is 37.7 Å². The molecule has 6 rings (SSSR count). The van der Waals surface area contributed by atoms with Gasteiger partial charge < -0.3 is 24.3 Å². The molecule has 4 aromatic carbocycles. The van der Waals surface area contributed by atoms with Crippen LogP contribution in [0.25, 0.3) is 32.6 Å². The van der Waals surface area contributed by atoms with Gasteiger partial charge in [-0.2, -0.15) is 0 Å². The van der Waals surface area contributed by atoms with Crippen molar-refractivity contribution >= 4 is 50.3 Å². The molecule has 1 amide bonds. The van der Waals surface area contributed by atoms with E-state index in [2.05, 4.69) is 64.2 Å². The van der Waals surface area contributed by atoms with Gasteiger partial charge in [0.15, 0.2) is 0 Å². The topological polar surface area (TPSA) is 76.0 Å². The quantitative estimate of drug-likeness (QED) is 0.168. The second-order valence-corrected chi connectivity index (χ2v) is 13.1. The first-order valence-electron chi connectivity index (χ1n) is 16.3. The Balaban J connectivity index is 1.04. The second kappa shape index (κ2) is 13.4. The minimum absolute atomic E-state index is 0.0224. The standard InChI is InChI=1S/C38H44N4O4/c1-5-42-34-15-9-8-14-31(34)32-23-27(17-18-35(32)42)24-40-20-19-29(25-40)39-37(44)45-22-21-41(26-36(43)46-38(2,3)4)33-16-10-12-28-11-6-7-13-30(28)33/h6-18,23,29H,5,19-22,24-26H2,1-4H3,(H,39,44). The fourth-order valence-corrected chi connectivity index (χ4v) is 6.65. The van der Waals surface area contributed by atoms with Crippen molar-refractivity contribution in [1.82, 2.24) is 14.8 Å². The second-order valence-electron chi connectivity index (χ2n) is 13.1. The summed E-state index contributed by atoms with van der Waals surface area (Å²) in [6.07, 6.45) is 0.434. The number of aromatic nitrogens is 1. The highest BCUT2D eigenvalue weighted by Crippen LogP contribution is 2.30. The van der Waals surface area contributed by atoms with Crippen LogP contribution in [0.1, 0.15) is 39.7 Å². The summed E-state index contributed by atoms with van der Waals surface area (Å²) < 4.78 is 13.6. The lowest BCUT2D eigenvalue weighted by Crippen LogP contribution is -2.40. The molecule has 0 radical (unpaired) electrons. The summed E-state index contributed by atoms with van der Waals surface area (Å²) in [5.74, 6) is -0.328. The minimum Gasteiger partial charge on any atom is -0.459 e. The molecule has 1 aromatic heterocycles. The number of hydrogen-bond donors (Lipinski definition) is 1. The molecular formula is C38H44N4O4. The minimum atomic E-state index is -0.588. The Morgan fingerprint density at radius 1 is 0.913 bits per heavy atom. The highest BCUT2D eigenvalue weighted by Gasteiger charge is 2.25. The van der Waals surface area contributed by atoms with Crippen molar-refractivity contribution in [1.29, 1.82) is 0 Å². The van der Waals surface area contributed by atoms with Crippen LogP contribution in [0.4, 0.5) is 10.5 Å². The predicted molar refractivity (Wildman–Crippen MR) is 185 cm³/mol. The van der Waals surface area contributed by atoms with Crippen LogP contribution >= 0.6 is 0 Å². The van der Waals surface area contributed by atoms with E-state index < -0.39 is 11.7 Å². The van der Waals surface area contributed by atoms with E-state index in [0.29, 0.717) is 6.54 Å². The van der Waals surface area contributed by atoms with E-state index >= 15 is 0 Å². The van der Waals surface area contributed by atoms with Crippen LogP contribution < -0.4 is 10.2 Å². The number of carbonyl (C=O) groups excluding carboxylic acids is 2. The van der Waals surface area contributed by atoms with Crippen LogP contribution in [0.15, 0.2) is 84.9 Å². The highest BCUT2D eigenvalue weighted by atomic mass is 16.6. The molecule has 0 bridgehead atoms. The molecule has 0 saturated carbocycles. The zero-order valence-electron chi connectivity index (χ0n) is 27.3. The number of ether oxygens (including phenoxy) is 2. The number of aryl methyl sites for hydroxylation is 1. The molecule has 1 atom stereocenters. The lowest BCUT2D eigenvalue weighted by Gasteiger charge is -2.27. The lowest BCUT2D eigenvalue weighted by atomic mass is 10.1. The van der Waals surface area contributed by atoms with Crippen molar-refractivity contribution in [3.05, 3.63) is 90.5 Å². The highest BCUT2D eigenvalue weighted by molar-refractivity contribution is 6.08. The number of alkyl carbamates (subject to hydrolysis) is 1.